The summed E-state index contributed by atoms with van der Waals surface area (Å²) in [7, 11) is 3.94. The van der Waals surface area contributed by atoms with Crippen LogP contribution in [-0.2, 0) is 4.74 Å². The standard InChI is InChI=1S/C11H26N2O/c1-11(2)12-7-9-13(3)8-5-6-10-14-4/h11-12H,5-10H2,1-4H3. The Morgan fingerprint density at radius 1 is 1.21 bits per heavy atom. The molecule has 0 heterocycles. The smallest absolute Gasteiger partial charge is 0.0462 e. The van der Waals surface area contributed by atoms with Crippen molar-refractivity contribution < 1.29 is 4.74 Å². The van der Waals surface area contributed by atoms with Crippen molar-refractivity contribution in [3.8, 4) is 0 Å². The van der Waals surface area contributed by atoms with Gasteiger partial charge in [-0.25, -0.2) is 0 Å². The molecule has 1 N–H and O–H groups in total. The fourth-order valence-corrected chi connectivity index (χ4v) is 1.28. The number of nitrogens with zero attached hydrogens (tertiary/aromatic N) is 1. The van der Waals surface area contributed by atoms with E-state index in [2.05, 4.69) is 31.1 Å². The van der Waals surface area contributed by atoms with Gasteiger partial charge in [0.25, 0.3) is 0 Å². The van der Waals surface area contributed by atoms with E-state index >= 15 is 0 Å². The van der Waals surface area contributed by atoms with Crippen LogP contribution >= 0.6 is 0 Å². The molecule has 0 aromatic rings. The Morgan fingerprint density at radius 3 is 2.50 bits per heavy atom. The molecule has 0 aromatic heterocycles. The second-order valence-electron chi connectivity index (χ2n) is 4.11. The summed E-state index contributed by atoms with van der Waals surface area (Å²) in [6.45, 7) is 8.63. The second-order valence-corrected chi connectivity index (χ2v) is 4.11. The summed E-state index contributed by atoms with van der Waals surface area (Å²) < 4.78 is 5.01. The van der Waals surface area contributed by atoms with E-state index in [1.54, 1.807) is 7.11 Å². The summed E-state index contributed by atoms with van der Waals surface area (Å²) in [6.07, 6.45) is 2.39. The molecule has 0 amide bonds. The lowest BCUT2D eigenvalue weighted by Gasteiger charge is -2.17. The molecule has 0 rings (SSSR count). The first-order valence-corrected chi connectivity index (χ1v) is 5.57. The van der Waals surface area contributed by atoms with E-state index in [-0.39, 0.29) is 0 Å². The number of nitrogens with one attached hydrogen (secondary N) is 1. The molecule has 0 aliphatic heterocycles. The fraction of sp³-hybridized carbons (Fsp3) is 1.00. The number of unbranched alkanes of at least 4 members (excludes halogenated alkanes) is 1. The van der Waals surface area contributed by atoms with Crippen molar-refractivity contribution in [1.82, 2.24) is 10.2 Å². The van der Waals surface area contributed by atoms with Crippen LogP contribution in [-0.4, -0.2) is 51.3 Å². The van der Waals surface area contributed by atoms with E-state index in [9.17, 15) is 0 Å². The summed E-state index contributed by atoms with van der Waals surface area (Å²) >= 11 is 0. The molecule has 0 aromatic carbocycles. The molecular weight excluding hydrogens is 176 g/mol. The Bertz CT molecular complexity index is 118. The van der Waals surface area contributed by atoms with Gasteiger partial charge in [-0.3, -0.25) is 0 Å². The summed E-state index contributed by atoms with van der Waals surface area (Å²) in [4.78, 5) is 2.37. The molecule has 0 bridgehead atoms. The highest BCUT2D eigenvalue weighted by Crippen LogP contribution is 1.92. The minimum Gasteiger partial charge on any atom is -0.385 e. The van der Waals surface area contributed by atoms with Gasteiger partial charge in [0.1, 0.15) is 0 Å². The highest BCUT2D eigenvalue weighted by Gasteiger charge is 1.98. The first kappa shape index (κ1) is 13.9. The van der Waals surface area contributed by atoms with Crippen molar-refractivity contribution in [2.75, 3.05) is 40.4 Å². The van der Waals surface area contributed by atoms with Crippen molar-refractivity contribution in [2.24, 2.45) is 0 Å². The molecule has 3 nitrogen and oxygen atoms in total. The van der Waals surface area contributed by atoms with Gasteiger partial charge in [0.2, 0.25) is 0 Å². The molecule has 86 valence electrons. The third kappa shape index (κ3) is 9.96. The van der Waals surface area contributed by atoms with Crippen LogP contribution in [0.15, 0.2) is 0 Å². The third-order valence-electron chi connectivity index (χ3n) is 2.18. The largest absolute Gasteiger partial charge is 0.385 e. The predicted molar refractivity (Wildman–Crippen MR) is 61.7 cm³/mol. The maximum absolute atomic E-state index is 5.01. The van der Waals surface area contributed by atoms with Crippen molar-refractivity contribution >= 4 is 0 Å². The molecule has 0 radical (unpaired) electrons. The average Bonchev–Trinajstić information content (AvgIpc) is 2.12. The van der Waals surface area contributed by atoms with Gasteiger partial charge in [0, 0.05) is 32.8 Å². The van der Waals surface area contributed by atoms with Crippen molar-refractivity contribution in [3.05, 3.63) is 0 Å². The SMILES string of the molecule is COCCCCN(C)CCNC(C)C. The van der Waals surface area contributed by atoms with E-state index < -0.39 is 0 Å². The van der Waals surface area contributed by atoms with Crippen LogP contribution in [0.1, 0.15) is 26.7 Å². The lowest BCUT2D eigenvalue weighted by molar-refractivity contribution is 0.187. The highest BCUT2D eigenvalue weighted by atomic mass is 16.5. The molecule has 0 spiro atoms. The Balaban J connectivity index is 3.15. The van der Waals surface area contributed by atoms with Crippen LogP contribution < -0.4 is 5.32 Å². The molecule has 0 fully saturated rings. The number of hydrogen-bond acceptors (Lipinski definition) is 3. The van der Waals surface area contributed by atoms with Gasteiger partial charge in [-0.1, -0.05) is 13.8 Å². The topological polar surface area (TPSA) is 24.5 Å². The third-order valence-corrected chi connectivity index (χ3v) is 2.18. The Labute approximate surface area is 88.8 Å². The lowest BCUT2D eigenvalue weighted by Crippen LogP contribution is -2.33. The van der Waals surface area contributed by atoms with Crippen LogP contribution in [0.2, 0.25) is 0 Å². The van der Waals surface area contributed by atoms with Gasteiger partial charge < -0.3 is 15.0 Å². The number of rotatable bonds is 9. The van der Waals surface area contributed by atoms with Crippen LogP contribution in [0.4, 0.5) is 0 Å². The normalized spacial score (nSPS) is 11.6. The average molecular weight is 202 g/mol. The zero-order valence-electron chi connectivity index (χ0n) is 10.2. The molecule has 3 heteroatoms. The van der Waals surface area contributed by atoms with Crippen LogP contribution in [0.5, 0.6) is 0 Å². The molecular formula is C11H26N2O. The molecule has 0 aliphatic carbocycles. The van der Waals surface area contributed by atoms with Gasteiger partial charge in [-0.15, -0.1) is 0 Å². The van der Waals surface area contributed by atoms with Crippen molar-refractivity contribution in [3.63, 3.8) is 0 Å². The number of hydrogen-bond donors (Lipinski definition) is 1. The number of methoxy groups -OCH3 is 1. The molecule has 0 saturated carbocycles. The molecule has 0 aliphatic rings. The zero-order chi connectivity index (χ0) is 10.8. The van der Waals surface area contributed by atoms with E-state index in [4.69, 9.17) is 4.74 Å². The van der Waals surface area contributed by atoms with Gasteiger partial charge in [-0.2, -0.15) is 0 Å². The van der Waals surface area contributed by atoms with Gasteiger partial charge in [-0.05, 0) is 26.4 Å². The summed E-state index contributed by atoms with van der Waals surface area (Å²) in [5.74, 6) is 0. The zero-order valence-corrected chi connectivity index (χ0v) is 10.2. The van der Waals surface area contributed by atoms with Crippen molar-refractivity contribution in [2.45, 2.75) is 32.7 Å². The Hall–Kier alpha value is -0.120. The van der Waals surface area contributed by atoms with Crippen LogP contribution in [0.3, 0.4) is 0 Å². The summed E-state index contributed by atoms with van der Waals surface area (Å²) in [5, 5.41) is 3.41. The highest BCUT2D eigenvalue weighted by molar-refractivity contribution is 4.57. The second kappa shape index (κ2) is 9.44. The lowest BCUT2D eigenvalue weighted by atomic mass is 10.3. The van der Waals surface area contributed by atoms with Crippen LogP contribution in [0.25, 0.3) is 0 Å². The maximum Gasteiger partial charge on any atom is 0.0462 e. The monoisotopic (exact) mass is 202 g/mol. The number of likely N-dealkylation sites (N-methyl/N-ethyl adjacent to an activating group) is 1. The van der Waals surface area contributed by atoms with Gasteiger partial charge in [0.05, 0.1) is 0 Å². The molecule has 14 heavy (non-hydrogen) atoms. The number of ether oxygens (including phenoxy) is 1. The van der Waals surface area contributed by atoms with E-state index in [0.29, 0.717) is 6.04 Å². The fourth-order valence-electron chi connectivity index (χ4n) is 1.28. The predicted octanol–water partition coefficient (Wildman–Crippen LogP) is 1.34. The summed E-state index contributed by atoms with van der Waals surface area (Å²) in [5.41, 5.74) is 0. The first-order valence-electron chi connectivity index (χ1n) is 5.57. The van der Waals surface area contributed by atoms with E-state index in [0.717, 1.165) is 19.7 Å². The summed E-state index contributed by atoms with van der Waals surface area (Å²) in [6, 6.07) is 0.594. The molecule has 0 atom stereocenters. The minimum absolute atomic E-state index is 0.594. The van der Waals surface area contributed by atoms with E-state index in [1.807, 2.05) is 0 Å². The molecule has 0 unspecified atom stereocenters. The Kier molecular flexibility index (Phi) is 9.35. The van der Waals surface area contributed by atoms with Gasteiger partial charge in [0.15, 0.2) is 0 Å². The van der Waals surface area contributed by atoms with Gasteiger partial charge >= 0.3 is 0 Å². The quantitative estimate of drug-likeness (QED) is 0.571. The minimum atomic E-state index is 0.594. The molecule has 0 saturated heterocycles. The maximum atomic E-state index is 5.01. The Morgan fingerprint density at radius 2 is 1.93 bits per heavy atom. The van der Waals surface area contributed by atoms with Crippen molar-refractivity contribution in [1.29, 1.82) is 0 Å². The van der Waals surface area contributed by atoms with E-state index in [1.165, 1.54) is 19.4 Å². The van der Waals surface area contributed by atoms with Crippen LogP contribution in [0, 0.1) is 0 Å². The first-order chi connectivity index (χ1) is 6.66.